The highest BCUT2D eigenvalue weighted by atomic mass is 35.5. The summed E-state index contributed by atoms with van der Waals surface area (Å²) >= 11 is 5.82. The van der Waals surface area contributed by atoms with Crippen LogP contribution in [-0.2, 0) is 0 Å². The maximum absolute atomic E-state index is 12.1. The van der Waals surface area contributed by atoms with E-state index < -0.39 is 0 Å². The van der Waals surface area contributed by atoms with E-state index in [0.717, 1.165) is 11.3 Å². The van der Waals surface area contributed by atoms with E-state index in [4.69, 9.17) is 16.3 Å². The van der Waals surface area contributed by atoms with Crippen molar-refractivity contribution in [3.63, 3.8) is 0 Å². The zero-order valence-corrected chi connectivity index (χ0v) is 13.2. The first-order valence-corrected chi connectivity index (χ1v) is 7.31. The van der Waals surface area contributed by atoms with E-state index in [1.54, 1.807) is 42.5 Å². The standard InChI is InChI=1S/C18H17ClO3/c1-12(2)22-15-7-5-14(6-8-15)17(20)9-3-13-4-10-18(21)16(19)11-13/h3-12,21H,1-2H3/b9-3+. The second kappa shape index (κ2) is 7.14. The lowest BCUT2D eigenvalue weighted by molar-refractivity contribution is 0.104. The topological polar surface area (TPSA) is 46.5 Å². The van der Waals surface area contributed by atoms with Gasteiger partial charge in [-0.05, 0) is 61.9 Å². The zero-order chi connectivity index (χ0) is 16.1. The number of hydrogen-bond donors (Lipinski definition) is 1. The Morgan fingerprint density at radius 2 is 1.86 bits per heavy atom. The van der Waals surface area contributed by atoms with E-state index in [1.165, 1.54) is 12.1 Å². The molecule has 0 radical (unpaired) electrons. The maximum Gasteiger partial charge on any atom is 0.185 e. The van der Waals surface area contributed by atoms with Crippen LogP contribution in [-0.4, -0.2) is 17.0 Å². The van der Waals surface area contributed by atoms with Gasteiger partial charge in [0.05, 0.1) is 11.1 Å². The van der Waals surface area contributed by atoms with Crippen molar-refractivity contribution in [1.82, 2.24) is 0 Å². The third-order valence-electron chi connectivity index (χ3n) is 2.91. The molecule has 0 unspecified atom stereocenters. The molecule has 0 aromatic heterocycles. The van der Waals surface area contributed by atoms with E-state index in [9.17, 15) is 9.90 Å². The first-order chi connectivity index (χ1) is 10.5. The molecular formula is C18H17ClO3. The minimum Gasteiger partial charge on any atom is -0.506 e. The number of rotatable bonds is 5. The van der Waals surface area contributed by atoms with Gasteiger partial charge in [0.1, 0.15) is 11.5 Å². The Labute approximate surface area is 134 Å². The first-order valence-electron chi connectivity index (χ1n) is 6.93. The normalized spacial score (nSPS) is 11.1. The van der Waals surface area contributed by atoms with Gasteiger partial charge in [-0.2, -0.15) is 0 Å². The molecule has 1 N–H and O–H groups in total. The van der Waals surface area contributed by atoms with Crippen molar-refractivity contribution < 1.29 is 14.6 Å². The molecule has 22 heavy (non-hydrogen) atoms. The van der Waals surface area contributed by atoms with Gasteiger partial charge in [0.25, 0.3) is 0 Å². The van der Waals surface area contributed by atoms with Crippen molar-refractivity contribution in [2.45, 2.75) is 20.0 Å². The number of ether oxygens (including phenoxy) is 1. The molecule has 0 fully saturated rings. The highest BCUT2D eigenvalue weighted by molar-refractivity contribution is 6.32. The van der Waals surface area contributed by atoms with E-state index in [2.05, 4.69) is 0 Å². The number of phenolic OH excluding ortho intramolecular Hbond substituents is 1. The van der Waals surface area contributed by atoms with Gasteiger partial charge < -0.3 is 9.84 Å². The molecule has 3 nitrogen and oxygen atoms in total. The Bertz CT molecular complexity index is 688. The number of carbonyl (C=O) groups is 1. The number of benzene rings is 2. The van der Waals surface area contributed by atoms with E-state index in [1.807, 2.05) is 13.8 Å². The Morgan fingerprint density at radius 1 is 1.18 bits per heavy atom. The molecule has 0 saturated carbocycles. The first kappa shape index (κ1) is 16.1. The lowest BCUT2D eigenvalue weighted by Crippen LogP contribution is -2.05. The second-order valence-corrected chi connectivity index (χ2v) is 5.51. The summed E-state index contributed by atoms with van der Waals surface area (Å²) in [7, 11) is 0. The molecule has 0 atom stereocenters. The fourth-order valence-corrected chi connectivity index (χ4v) is 2.05. The predicted molar refractivity (Wildman–Crippen MR) is 88.7 cm³/mol. The highest BCUT2D eigenvalue weighted by Crippen LogP contribution is 2.24. The van der Waals surface area contributed by atoms with Gasteiger partial charge in [-0.3, -0.25) is 4.79 Å². The van der Waals surface area contributed by atoms with Crippen LogP contribution in [0.15, 0.2) is 48.5 Å². The number of ketones is 1. The molecule has 0 saturated heterocycles. The Hall–Kier alpha value is -2.26. The molecular weight excluding hydrogens is 300 g/mol. The SMILES string of the molecule is CC(C)Oc1ccc(C(=O)/C=C/c2ccc(O)c(Cl)c2)cc1. The molecule has 4 heteroatoms. The summed E-state index contributed by atoms with van der Waals surface area (Å²) in [6, 6.07) is 11.8. The molecule has 114 valence electrons. The van der Waals surface area contributed by atoms with E-state index >= 15 is 0 Å². The number of carbonyl (C=O) groups excluding carboxylic acids is 1. The number of aromatic hydroxyl groups is 1. The van der Waals surface area contributed by atoms with Crippen LogP contribution >= 0.6 is 11.6 Å². The molecule has 2 aromatic carbocycles. The fraction of sp³-hybridized carbons (Fsp3) is 0.167. The number of allylic oxidation sites excluding steroid dienone is 1. The van der Waals surface area contributed by atoms with Crippen molar-refractivity contribution >= 4 is 23.5 Å². The van der Waals surface area contributed by atoms with Crippen LogP contribution in [0.1, 0.15) is 29.8 Å². The minimum absolute atomic E-state index is 0.0193. The van der Waals surface area contributed by atoms with Crippen molar-refractivity contribution in [2.24, 2.45) is 0 Å². The maximum atomic E-state index is 12.1. The molecule has 0 aliphatic heterocycles. The smallest absolute Gasteiger partial charge is 0.185 e. The predicted octanol–water partition coefficient (Wildman–Crippen LogP) is 4.73. The highest BCUT2D eigenvalue weighted by Gasteiger charge is 2.04. The van der Waals surface area contributed by atoms with Crippen LogP contribution in [0.2, 0.25) is 5.02 Å². The van der Waals surface area contributed by atoms with Gasteiger partial charge in [-0.1, -0.05) is 23.7 Å². The Morgan fingerprint density at radius 3 is 2.45 bits per heavy atom. The quantitative estimate of drug-likeness (QED) is 0.641. The van der Waals surface area contributed by atoms with E-state index in [-0.39, 0.29) is 22.7 Å². The second-order valence-electron chi connectivity index (χ2n) is 5.10. The van der Waals surface area contributed by atoms with Gasteiger partial charge in [0.2, 0.25) is 0 Å². The van der Waals surface area contributed by atoms with Crippen molar-refractivity contribution in [3.8, 4) is 11.5 Å². The lowest BCUT2D eigenvalue weighted by Gasteiger charge is -2.09. The number of phenols is 1. The molecule has 0 amide bonds. The van der Waals surface area contributed by atoms with Crippen LogP contribution in [0, 0.1) is 0 Å². The van der Waals surface area contributed by atoms with Crippen LogP contribution in [0.4, 0.5) is 0 Å². The largest absolute Gasteiger partial charge is 0.506 e. The average Bonchev–Trinajstić information content (AvgIpc) is 2.48. The zero-order valence-electron chi connectivity index (χ0n) is 12.4. The number of halogens is 1. The number of hydrogen-bond acceptors (Lipinski definition) is 3. The van der Waals surface area contributed by atoms with Crippen LogP contribution < -0.4 is 4.74 Å². The summed E-state index contributed by atoms with van der Waals surface area (Å²) in [5.41, 5.74) is 1.33. The van der Waals surface area contributed by atoms with Crippen molar-refractivity contribution in [1.29, 1.82) is 0 Å². The molecule has 2 rings (SSSR count). The van der Waals surface area contributed by atoms with Gasteiger partial charge in [0, 0.05) is 5.56 Å². The van der Waals surface area contributed by atoms with Gasteiger partial charge in [-0.25, -0.2) is 0 Å². The van der Waals surface area contributed by atoms with Gasteiger partial charge >= 0.3 is 0 Å². The third kappa shape index (κ3) is 4.37. The summed E-state index contributed by atoms with van der Waals surface area (Å²) in [4.78, 5) is 12.1. The van der Waals surface area contributed by atoms with Crippen molar-refractivity contribution in [2.75, 3.05) is 0 Å². The summed E-state index contributed by atoms with van der Waals surface area (Å²) in [5, 5.41) is 9.61. The van der Waals surface area contributed by atoms with Crippen LogP contribution in [0.3, 0.4) is 0 Å². The van der Waals surface area contributed by atoms with Gasteiger partial charge in [-0.15, -0.1) is 0 Å². The molecule has 2 aromatic rings. The fourth-order valence-electron chi connectivity index (χ4n) is 1.86. The van der Waals surface area contributed by atoms with Crippen molar-refractivity contribution in [3.05, 3.63) is 64.7 Å². The lowest BCUT2D eigenvalue weighted by atomic mass is 10.1. The Kier molecular flexibility index (Phi) is 5.23. The summed E-state index contributed by atoms with van der Waals surface area (Å²) in [6.45, 7) is 3.90. The molecule has 0 bridgehead atoms. The monoisotopic (exact) mass is 316 g/mol. The molecule has 0 aliphatic carbocycles. The summed E-state index contributed by atoms with van der Waals surface area (Å²) in [5.74, 6) is 0.645. The molecule has 0 aliphatic rings. The average molecular weight is 317 g/mol. The Balaban J connectivity index is 2.08. The van der Waals surface area contributed by atoms with Crippen LogP contribution in [0.25, 0.3) is 6.08 Å². The molecule has 0 heterocycles. The van der Waals surface area contributed by atoms with Gasteiger partial charge in [0.15, 0.2) is 5.78 Å². The third-order valence-corrected chi connectivity index (χ3v) is 3.21. The van der Waals surface area contributed by atoms with E-state index in [0.29, 0.717) is 5.56 Å². The summed E-state index contributed by atoms with van der Waals surface area (Å²) in [6.07, 6.45) is 3.23. The minimum atomic E-state index is -0.111. The van der Waals surface area contributed by atoms with Crippen LogP contribution in [0.5, 0.6) is 11.5 Å². The molecule has 0 spiro atoms. The summed E-state index contributed by atoms with van der Waals surface area (Å²) < 4.78 is 5.53.